The normalized spacial score (nSPS) is 27.7. The van der Waals surface area contributed by atoms with Crippen molar-refractivity contribution in [2.45, 2.75) is 18.9 Å². The molecule has 1 aromatic heterocycles. The molecule has 0 spiro atoms. The molecule has 1 N–H and O–H groups in total. The van der Waals surface area contributed by atoms with Crippen molar-refractivity contribution < 1.29 is 4.74 Å². The lowest BCUT2D eigenvalue weighted by Gasteiger charge is -2.21. The van der Waals surface area contributed by atoms with E-state index in [1.807, 2.05) is 12.3 Å². The molecule has 0 amide bonds. The number of aromatic nitrogens is 1. The van der Waals surface area contributed by atoms with E-state index < -0.39 is 0 Å². The molecule has 3 rings (SSSR count). The Labute approximate surface area is 95.5 Å². The van der Waals surface area contributed by atoms with Crippen LogP contribution in [0.1, 0.15) is 18.4 Å². The van der Waals surface area contributed by atoms with E-state index in [0.29, 0.717) is 11.9 Å². The fraction of sp³-hybridized carbons (Fsp3) is 0.462. The number of methoxy groups -OCH3 is 1. The van der Waals surface area contributed by atoms with Gasteiger partial charge >= 0.3 is 0 Å². The van der Waals surface area contributed by atoms with E-state index in [1.165, 1.54) is 24.0 Å². The van der Waals surface area contributed by atoms with E-state index in [1.54, 1.807) is 7.11 Å². The van der Waals surface area contributed by atoms with Crippen molar-refractivity contribution in [3.8, 4) is 5.88 Å². The number of rotatable bonds is 2. The van der Waals surface area contributed by atoms with Crippen LogP contribution in [0.25, 0.3) is 5.57 Å². The Kier molecular flexibility index (Phi) is 2.40. The van der Waals surface area contributed by atoms with Crippen LogP contribution >= 0.6 is 0 Å². The van der Waals surface area contributed by atoms with Gasteiger partial charge in [-0.15, -0.1) is 0 Å². The van der Waals surface area contributed by atoms with Gasteiger partial charge in [0.05, 0.1) is 7.11 Å². The summed E-state index contributed by atoms with van der Waals surface area (Å²) in [6.07, 6.45) is 6.78. The van der Waals surface area contributed by atoms with Crippen LogP contribution in [0.15, 0.2) is 24.4 Å². The van der Waals surface area contributed by atoms with E-state index in [9.17, 15) is 0 Å². The molecule has 3 heteroatoms. The summed E-state index contributed by atoms with van der Waals surface area (Å²) in [6.45, 7) is 1.14. The van der Waals surface area contributed by atoms with Crippen LogP contribution in [0.2, 0.25) is 0 Å². The van der Waals surface area contributed by atoms with E-state index in [4.69, 9.17) is 4.74 Å². The fourth-order valence-electron chi connectivity index (χ4n) is 2.72. The lowest BCUT2D eigenvalue weighted by atomic mass is 9.91. The Hall–Kier alpha value is -1.35. The molecule has 0 saturated carbocycles. The molecule has 2 aliphatic rings. The highest BCUT2D eigenvalue weighted by Gasteiger charge is 2.30. The molecule has 1 fully saturated rings. The van der Waals surface area contributed by atoms with E-state index in [-0.39, 0.29) is 0 Å². The predicted molar refractivity (Wildman–Crippen MR) is 63.3 cm³/mol. The zero-order valence-electron chi connectivity index (χ0n) is 9.44. The summed E-state index contributed by atoms with van der Waals surface area (Å²) in [5.74, 6) is 1.41. The number of fused-ring (bicyclic) bond motifs is 2. The summed E-state index contributed by atoms with van der Waals surface area (Å²) in [5.41, 5.74) is 2.71. The maximum absolute atomic E-state index is 5.08. The third kappa shape index (κ3) is 1.61. The summed E-state index contributed by atoms with van der Waals surface area (Å²) in [6, 6.07) is 4.63. The summed E-state index contributed by atoms with van der Waals surface area (Å²) >= 11 is 0. The van der Waals surface area contributed by atoms with Gasteiger partial charge in [-0.3, -0.25) is 0 Å². The smallest absolute Gasteiger partial charge is 0.212 e. The second kappa shape index (κ2) is 3.91. The van der Waals surface area contributed by atoms with Gasteiger partial charge in [0.2, 0.25) is 5.88 Å². The molecule has 3 nitrogen and oxygen atoms in total. The molecule has 16 heavy (non-hydrogen) atoms. The van der Waals surface area contributed by atoms with Crippen LogP contribution in [0.4, 0.5) is 0 Å². The third-order valence-corrected chi connectivity index (χ3v) is 3.54. The van der Waals surface area contributed by atoms with Gasteiger partial charge in [-0.25, -0.2) is 4.98 Å². The number of nitrogens with one attached hydrogen (secondary N) is 1. The van der Waals surface area contributed by atoms with Gasteiger partial charge in [-0.1, -0.05) is 6.08 Å². The summed E-state index contributed by atoms with van der Waals surface area (Å²) in [7, 11) is 1.65. The monoisotopic (exact) mass is 216 g/mol. The van der Waals surface area contributed by atoms with Crippen molar-refractivity contribution in [1.29, 1.82) is 0 Å². The molecule has 1 saturated heterocycles. The van der Waals surface area contributed by atoms with Gasteiger partial charge in [0.25, 0.3) is 0 Å². The third-order valence-electron chi connectivity index (χ3n) is 3.54. The van der Waals surface area contributed by atoms with Crippen molar-refractivity contribution in [3.63, 3.8) is 0 Å². The quantitative estimate of drug-likeness (QED) is 0.819. The van der Waals surface area contributed by atoms with Crippen LogP contribution in [0.5, 0.6) is 5.88 Å². The highest BCUT2D eigenvalue weighted by molar-refractivity contribution is 5.70. The van der Waals surface area contributed by atoms with Crippen molar-refractivity contribution in [1.82, 2.24) is 10.3 Å². The first-order valence-corrected chi connectivity index (χ1v) is 5.82. The number of nitrogens with zero attached hydrogens (tertiary/aromatic N) is 1. The molecular formula is C13H16N2O. The Balaban J connectivity index is 1.89. The highest BCUT2D eigenvalue weighted by Crippen LogP contribution is 2.38. The zero-order chi connectivity index (χ0) is 11.0. The summed E-state index contributed by atoms with van der Waals surface area (Å²) < 4.78 is 5.08. The minimum atomic E-state index is 0.579. The number of hydrogen-bond acceptors (Lipinski definition) is 3. The van der Waals surface area contributed by atoms with Crippen molar-refractivity contribution in [2.24, 2.45) is 5.92 Å². The molecule has 2 bridgehead atoms. The molecule has 0 radical (unpaired) electrons. The van der Waals surface area contributed by atoms with E-state index >= 15 is 0 Å². The second-order valence-corrected chi connectivity index (χ2v) is 4.49. The molecule has 1 aliphatic carbocycles. The van der Waals surface area contributed by atoms with E-state index in [2.05, 4.69) is 22.4 Å². The van der Waals surface area contributed by atoms with Crippen LogP contribution < -0.4 is 10.1 Å². The zero-order valence-corrected chi connectivity index (χ0v) is 9.44. The first-order valence-electron chi connectivity index (χ1n) is 5.82. The average molecular weight is 216 g/mol. The van der Waals surface area contributed by atoms with E-state index in [0.717, 1.165) is 12.5 Å². The molecule has 1 aromatic rings. The largest absolute Gasteiger partial charge is 0.481 e. The summed E-state index contributed by atoms with van der Waals surface area (Å²) in [4.78, 5) is 4.27. The molecule has 0 aromatic carbocycles. The van der Waals surface area contributed by atoms with Crippen LogP contribution in [0.3, 0.4) is 0 Å². The Morgan fingerprint density at radius 1 is 1.44 bits per heavy atom. The first kappa shape index (κ1) is 9.85. The number of ether oxygens (including phenoxy) is 1. The number of piperidine rings is 1. The van der Waals surface area contributed by atoms with Crippen molar-refractivity contribution in [3.05, 3.63) is 30.0 Å². The minimum Gasteiger partial charge on any atom is -0.481 e. The summed E-state index contributed by atoms with van der Waals surface area (Å²) in [5, 5.41) is 3.51. The number of hydrogen-bond donors (Lipinski definition) is 1. The minimum absolute atomic E-state index is 0.579. The Bertz CT molecular complexity index is 410. The Morgan fingerprint density at radius 2 is 2.38 bits per heavy atom. The molecule has 2 atom stereocenters. The second-order valence-electron chi connectivity index (χ2n) is 4.49. The molecule has 84 valence electrons. The topological polar surface area (TPSA) is 34.1 Å². The number of allylic oxidation sites excluding steroid dienone is 1. The average Bonchev–Trinajstić information content (AvgIpc) is 2.64. The number of pyridine rings is 1. The highest BCUT2D eigenvalue weighted by atomic mass is 16.5. The Morgan fingerprint density at radius 3 is 3.06 bits per heavy atom. The van der Waals surface area contributed by atoms with Gasteiger partial charge in [0.15, 0.2) is 0 Å². The lowest BCUT2D eigenvalue weighted by Crippen LogP contribution is -2.32. The fourth-order valence-corrected chi connectivity index (χ4v) is 2.72. The van der Waals surface area contributed by atoms with Crippen molar-refractivity contribution in [2.75, 3.05) is 13.7 Å². The van der Waals surface area contributed by atoms with Gasteiger partial charge in [0.1, 0.15) is 0 Å². The molecule has 2 unspecified atom stereocenters. The SMILES string of the molecule is COc1ccc(C2=CC3CC2CCN3)cn1. The molecule has 2 heterocycles. The van der Waals surface area contributed by atoms with Crippen LogP contribution in [0, 0.1) is 5.92 Å². The maximum atomic E-state index is 5.08. The lowest BCUT2D eigenvalue weighted by molar-refractivity contribution is 0.397. The first-order chi connectivity index (χ1) is 7.86. The van der Waals surface area contributed by atoms with Gasteiger partial charge < -0.3 is 10.1 Å². The van der Waals surface area contributed by atoms with Crippen LogP contribution in [-0.2, 0) is 0 Å². The van der Waals surface area contributed by atoms with Crippen LogP contribution in [-0.4, -0.2) is 24.7 Å². The standard InChI is InChI=1S/C13H16N2O/c1-16-13-3-2-10(8-15-13)12-7-11-6-9(12)4-5-14-11/h2-3,7-9,11,14H,4-6H2,1H3. The van der Waals surface area contributed by atoms with Gasteiger partial charge in [-0.05, 0) is 42.5 Å². The van der Waals surface area contributed by atoms with Gasteiger partial charge in [-0.2, -0.15) is 0 Å². The van der Waals surface area contributed by atoms with Gasteiger partial charge in [0, 0.05) is 18.3 Å². The van der Waals surface area contributed by atoms with Crippen molar-refractivity contribution >= 4 is 5.57 Å². The predicted octanol–water partition coefficient (Wildman–Crippen LogP) is 1.86. The molecule has 1 aliphatic heterocycles. The molecular weight excluding hydrogens is 200 g/mol. The maximum Gasteiger partial charge on any atom is 0.212 e.